The number of hydrogen-bond acceptors (Lipinski definition) is 3. The molecule has 2 nitrogen and oxygen atoms in total. The van der Waals surface area contributed by atoms with Crippen LogP contribution in [0.1, 0.15) is 23.6 Å². The molecule has 2 atom stereocenters. The molecule has 3 rings (SSSR count). The molecule has 2 unspecified atom stereocenters. The lowest BCUT2D eigenvalue weighted by Crippen LogP contribution is -2.27. The Balaban J connectivity index is 1.85. The Morgan fingerprint density at radius 1 is 1.38 bits per heavy atom. The van der Waals surface area contributed by atoms with Crippen LogP contribution in [0.4, 0.5) is 0 Å². The molecule has 1 fully saturated rings. The van der Waals surface area contributed by atoms with Crippen LogP contribution in [0.3, 0.4) is 0 Å². The van der Waals surface area contributed by atoms with E-state index >= 15 is 0 Å². The maximum absolute atomic E-state index is 4.20. The fraction of sp³-hybridized carbons (Fsp3) is 0.471. The van der Waals surface area contributed by atoms with Crippen molar-refractivity contribution in [1.29, 1.82) is 0 Å². The Morgan fingerprint density at radius 3 is 2.86 bits per heavy atom. The van der Waals surface area contributed by atoms with Crippen LogP contribution in [0.25, 0.3) is 0 Å². The van der Waals surface area contributed by atoms with Crippen molar-refractivity contribution in [3.63, 3.8) is 0 Å². The van der Waals surface area contributed by atoms with Crippen LogP contribution in [0.2, 0.25) is 0 Å². The van der Waals surface area contributed by atoms with Crippen LogP contribution in [0, 0.1) is 13.8 Å². The second-order valence-electron chi connectivity index (χ2n) is 5.99. The van der Waals surface area contributed by atoms with Crippen molar-refractivity contribution in [3.05, 3.63) is 53.6 Å². The lowest BCUT2D eigenvalue weighted by atomic mass is 10.0. The molecule has 1 aliphatic heterocycles. The standard InChI is InChI=1S/C17H22N2S2/c1-13-4-5-16(14(2)8-13)9-17(20-10-15(3)21-17)11-19-7-6-18-12-19/h4-8,12,15H,9-11H2,1-3H3. The first kappa shape index (κ1) is 15.0. The quantitative estimate of drug-likeness (QED) is 0.836. The summed E-state index contributed by atoms with van der Waals surface area (Å²) in [6.07, 6.45) is 7.01. The van der Waals surface area contributed by atoms with Gasteiger partial charge in [0.2, 0.25) is 0 Å². The monoisotopic (exact) mass is 318 g/mol. The Morgan fingerprint density at radius 2 is 2.24 bits per heavy atom. The maximum Gasteiger partial charge on any atom is 0.0946 e. The number of benzene rings is 1. The van der Waals surface area contributed by atoms with Crippen LogP contribution >= 0.6 is 23.5 Å². The molecule has 0 N–H and O–H groups in total. The molecule has 1 aromatic heterocycles. The van der Waals surface area contributed by atoms with Crippen molar-refractivity contribution < 1.29 is 0 Å². The van der Waals surface area contributed by atoms with Gasteiger partial charge in [-0.1, -0.05) is 30.7 Å². The molecular formula is C17H22N2S2. The molecule has 0 spiro atoms. The van der Waals surface area contributed by atoms with E-state index in [4.69, 9.17) is 0 Å². The largest absolute Gasteiger partial charge is 0.335 e. The summed E-state index contributed by atoms with van der Waals surface area (Å²) in [5, 5.41) is 0.726. The average Bonchev–Trinajstić information content (AvgIpc) is 3.04. The number of thioether (sulfide) groups is 2. The first-order valence-corrected chi connectivity index (χ1v) is 9.26. The molecule has 0 aliphatic carbocycles. The fourth-order valence-corrected chi connectivity index (χ4v) is 6.61. The minimum Gasteiger partial charge on any atom is -0.335 e. The van der Waals surface area contributed by atoms with E-state index in [0.29, 0.717) is 0 Å². The summed E-state index contributed by atoms with van der Waals surface area (Å²) in [6.45, 7) is 7.77. The van der Waals surface area contributed by atoms with Gasteiger partial charge < -0.3 is 4.57 Å². The zero-order chi connectivity index (χ0) is 14.9. The predicted octanol–water partition coefficient (Wildman–Crippen LogP) is 4.31. The summed E-state index contributed by atoms with van der Waals surface area (Å²) in [7, 11) is 0. The molecule has 21 heavy (non-hydrogen) atoms. The molecule has 0 radical (unpaired) electrons. The van der Waals surface area contributed by atoms with Crippen LogP contribution < -0.4 is 0 Å². The molecule has 4 heteroatoms. The third-order valence-corrected chi connectivity index (χ3v) is 7.53. The van der Waals surface area contributed by atoms with Gasteiger partial charge in [0.1, 0.15) is 0 Å². The smallest absolute Gasteiger partial charge is 0.0946 e. The summed E-state index contributed by atoms with van der Waals surface area (Å²) < 4.78 is 2.46. The van der Waals surface area contributed by atoms with Crippen molar-refractivity contribution >= 4 is 23.5 Å². The van der Waals surface area contributed by atoms with E-state index in [1.807, 2.05) is 12.5 Å². The van der Waals surface area contributed by atoms with Gasteiger partial charge in [-0.3, -0.25) is 0 Å². The van der Waals surface area contributed by atoms with Crippen LogP contribution in [0.15, 0.2) is 36.9 Å². The van der Waals surface area contributed by atoms with Crippen LogP contribution in [-0.4, -0.2) is 24.6 Å². The van der Waals surface area contributed by atoms with Crippen LogP contribution in [-0.2, 0) is 13.0 Å². The zero-order valence-electron chi connectivity index (χ0n) is 12.9. The van der Waals surface area contributed by atoms with Gasteiger partial charge in [-0.2, -0.15) is 0 Å². The number of aryl methyl sites for hydroxylation is 2. The summed E-state index contributed by atoms with van der Waals surface area (Å²) in [4.78, 5) is 4.20. The Labute approximate surface area is 135 Å². The minimum absolute atomic E-state index is 0.236. The van der Waals surface area contributed by atoms with Gasteiger partial charge in [-0.25, -0.2) is 4.98 Å². The molecule has 0 amide bonds. The van der Waals surface area contributed by atoms with Gasteiger partial charge in [-0.15, -0.1) is 23.5 Å². The van der Waals surface area contributed by atoms with Gasteiger partial charge in [0, 0.05) is 29.9 Å². The minimum atomic E-state index is 0.236. The van der Waals surface area contributed by atoms with E-state index in [-0.39, 0.29) is 4.08 Å². The first-order chi connectivity index (χ1) is 10.1. The second kappa shape index (κ2) is 6.09. The summed E-state index contributed by atoms with van der Waals surface area (Å²) in [5.41, 5.74) is 4.25. The van der Waals surface area contributed by atoms with Crippen molar-refractivity contribution in [2.24, 2.45) is 0 Å². The first-order valence-electron chi connectivity index (χ1n) is 7.40. The average molecular weight is 319 g/mol. The lowest BCUT2D eigenvalue weighted by molar-refractivity contribution is 0.624. The van der Waals surface area contributed by atoms with Crippen molar-refractivity contribution in [3.8, 4) is 0 Å². The second-order valence-corrected chi connectivity index (χ2v) is 9.48. The zero-order valence-corrected chi connectivity index (χ0v) is 14.5. The van der Waals surface area contributed by atoms with Gasteiger partial charge in [0.15, 0.2) is 0 Å². The predicted molar refractivity (Wildman–Crippen MR) is 94.1 cm³/mol. The van der Waals surface area contributed by atoms with Crippen molar-refractivity contribution in [1.82, 2.24) is 9.55 Å². The fourth-order valence-electron chi connectivity index (χ4n) is 2.93. The highest BCUT2D eigenvalue weighted by Gasteiger charge is 2.39. The summed E-state index contributed by atoms with van der Waals surface area (Å²) >= 11 is 4.25. The molecule has 0 saturated carbocycles. The van der Waals surface area contributed by atoms with Gasteiger partial charge in [-0.05, 0) is 31.4 Å². The van der Waals surface area contributed by atoms with E-state index in [2.05, 4.69) is 78.2 Å². The Kier molecular flexibility index (Phi) is 4.36. The van der Waals surface area contributed by atoms with Gasteiger partial charge in [0.05, 0.1) is 10.4 Å². The number of nitrogens with zero attached hydrogens (tertiary/aromatic N) is 2. The molecule has 2 aromatic rings. The van der Waals surface area contributed by atoms with Crippen molar-refractivity contribution in [2.75, 3.05) is 5.75 Å². The number of rotatable bonds is 4. The summed E-state index contributed by atoms with van der Waals surface area (Å²) in [6, 6.07) is 6.85. The SMILES string of the molecule is Cc1ccc(CC2(Cn3ccnc3)SCC(C)S2)c(C)c1. The molecule has 1 saturated heterocycles. The normalized spacial score (nSPS) is 25.4. The molecule has 0 bridgehead atoms. The maximum atomic E-state index is 4.20. The number of imidazole rings is 1. The number of hydrogen-bond donors (Lipinski definition) is 0. The van der Waals surface area contributed by atoms with E-state index in [9.17, 15) is 0 Å². The highest BCUT2D eigenvalue weighted by molar-refractivity contribution is 8.21. The molecule has 1 aromatic carbocycles. The van der Waals surface area contributed by atoms with Gasteiger partial charge >= 0.3 is 0 Å². The van der Waals surface area contributed by atoms with E-state index in [1.54, 1.807) is 0 Å². The molecule has 112 valence electrons. The highest BCUT2D eigenvalue weighted by atomic mass is 32.2. The Bertz CT molecular complexity index is 609. The van der Waals surface area contributed by atoms with Crippen LogP contribution in [0.5, 0.6) is 0 Å². The molecular weight excluding hydrogens is 296 g/mol. The third-order valence-electron chi connectivity index (χ3n) is 3.94. The van der Waals surface area contributed by atoms with Gasteiger partial charge in [0.25, 0.3) is 0 Å². The molecule has 2 heterocycles. The molecule has 1 aliphatic rings. The van der Waals surface area contributed by atoms with E-state index in [0.717, 1.165) is 18.2 Å². The summed E-state index contributed by atoms with van der Waals surface area (Å²) in [5.74, 6) is 1.24. The lowest BCUT2D eigenvalue weighted by Gasteiger charge is -2.29. The van der Waals surface area contributed by atoms with E-state index in [1.165, 1.54) is 22.4 Å². The third kappa shape index (κ3) is 3.49. The van der Waals surface area contributed by atoms with Crippen molar-refractivity contribution in [2.45, 2.75) is 43.1 Å². The number of aromatic nitrogens is 2. The Hall–Kier alpha value is -0.870. The topological polar surface area (TPSA) is 17.8 Å². The highest BCUT2D eigenvalue weighted by Crippen LogP contribution is 2.51. The van der Waals surface area contributed by atoms with E-state index < -0.39 is 0 Å².